The Hall–Kier alpha value is -0.450. The van der Waals surface area contributed by atoms with E-state index in [4.69, 9.17) is 4.98 Å². The van der Waals surface area contributed by atoms with Gasteiger partial charge >= 0.3 is 0 Å². The Morgan fingerprint density at radius 3 is 2.72 bits per heavy atom. The number of aliphatic hydroxyl groups is 1. The van der Waals surface area contributed by atoms with Gasteiger partial charge in [-0.1, -0.05) is 6.42 Å². The molecule has 18 heavy (non-hydrogen) atoms. The first-order chi connectivity index (χ1) is 8.73. The third-order valence-electron chi connectivity index (χ3n) is 4.75. The van der Waals surface area contributed by atoms with Gasteiger partial charge in [-0.3, -0.25) is 0 Å². The summed E-state index contributed by atoms with van der Waals surface area (Å²) in [5.74, 6) is 0.649. The molecule has 0 radical (unpaired) electrons. The monoisotopic (exact) mass is 266 g/mol. The fraction of sp³-hybridized carbons (Fsp3) is 0.786. The SMILES string of the molecule is CN1CCC(c2nc(C3(CO)CCC3)cs2)CC1. The van der Waals surface area contributed by atoms with Gasteiger partial charge in [-0.25, -0.2) is 4.98 Å². The van der Waals surface area contributed by atoms with Gasteiger partial charge in [0.2, 0.25) is 0 Å². The lowest BCUT2D eigenvalue weighted by molar-refractivity contribution is 0.116. The molecule has 2 fully saturated rings. The second-order valence-electron chi connectivity index (χ2n) is 5.94. The molecule has 2 heterocycles. The maximum atomic E-state index is 9.60. The molecule has 1 saturated heterocycles. The Labute approximate surface area is 113 Å². The van der Waals surface area contributed by atoms with Gasteiger partial charge in [0.05, 0.1) is 17.3 Å². The lowest BCUT2D eigenvalue weighted by Gasteiger charge is -2.38. The van der Waals surface area contributed by atoms with Crippen molar-refractivity contribution >= 4 is 11.3 Å². The van der Waals surface area contributed by atoms with Crippen molar-refractivity contribution in [2.24, 2.45) is 0 Å². The van der Waals surface area contributed by atoms with Gasteiger partial charge in [-0.2, -0.15) is 0 Å². The summed E-state index contributed by atoms with van der Waals surface area (Å²) in [7, 11) is 2.19. The Kier molecular flexibility index (Phi) is 3.43. The summed E-state index contributed by atoms with van der Waals surface area (Å²) in [6.45, 7) is 2.64. The highest BCUT2D eigenvalue weighted by atomic mass is 32.1. The zero-order valence-electron chi connectivity index (χ0n) is 11.1. The fourth-order valence-electron chi connectivity index (χ4n) is 3.07. The molecule has 0 spiro atoms. The Balaban J connectivity index is 1.73. The number of hydrogen-bond acceptors (Lipinski definition) is 4. The van der Waals surface area contributed by atoms with Gasteiger partial charge in [-0.05, 0) is 45.8 Å². The number of aliphatic hydroxyl groups excluding tert-OH is 1. The van der Waals surface area contributed by atoms with Crippen molar-refractivity contribution in [3.05, 3.63) is 16.1 Å². The van der Waals surface area contributed by atoms with Gasteiger partial charge in [0.1, 0.15) is 0 Å². The van der Waals surface area contributed by atoms with Crippen LogP contribution in [0.5, 0.6) is 0 Å². The van der Waals surface area contributed by atoms with Crippen molar-refractivity contribution in [2.45, 2.75) is 43.4 Å². The number of nitrogens with zero attached hydrogens (tertiary/aromatic N) is 2. The van der Waals surface area contributed by atoms with E-state index in [0.717, 1.165) is 18.5 Å². The van der Waals surface area contributed by atoms with E-state index in [1.807, 2.05) is 11.3 Å². The lowest BCUT2D eigenvalue weighted by Crippen LogP contribution is -2.38. The van der Waals surface area contributed by atoms with Gasteiger partial charge in [0.25, 0.3) is 0 Å². The molecule has 3 nitrogen and oxygen atoms in total. The minimum Gasteiger partial charge on any atom is -0.395 e. The van der Waals surface area contributed by atoms with Crippen molar-refractivity contribution in [1.82, 2.24) is 9.88 Å². The summed E-state index contributed by atoms with van der Waals surface area (Å²) in [4.78, 5) is 7.26. The molecule has 1 aromatic rings. The van der Waals surface area contributed by atoms with E-state index in [2.05, 4.69) is 17.3 Å². The zero-order valence-corrected chi connectivity index (χ0v) is 11.9. The summed E-state index contributed by atoms with van der Waals surface area (Å²) in [5.41, 5.74) is 1.18. The third kappa shape index (κ3) is 2.10. The molecule has 1 aromatic heterocycles. The molecular weight excluding hydrogens is 244 g/mol. The minimum atomic E-state index is 0.0141. The summed E-state index contributed by atoms with van der Waals surface area (Å²) >= 11 is 1.81. The van der Waals surface area contributed by atoms with Crippen LogP contribution in [0, 0.1) is 0 Å². The van der Waals surface area contributed by atoms with E-state index in [0.29, 0.717) is 5.92 Å². The molecule has 2 aliphatic rings. The molecule has 0 aromatic carbocycles. The first-order valence-corrected chi connectivity index (χ1v) is 7.87. The van der Waals surface area contributed by atoms with Crippen LogP contribution in [0.1, 0.15) is 48.7 Å². The fourth-order valence-corrected chi connectivity index (χ4v) is 4.19. The average molecular weight is 266 g/mol. The van der Waals surface area contributed by atoms with Crippen LogP contribution in [-0.4, -0.2) is 41.7 Å². The number of rotatable bonds is 3. The van der Waals surface area contributed by atoms with E-state index >= 15 is 0 Å². The van der Waals surface area contributed by atoms with Crippen molar-refractivity contribution in [2.75, 3.05) is 26.7 Å². The number of aromatic nitrogens is 1. The topological polar surface area (TPSA) is 36.4 Å². The maximum absolute atomic E-state index is 9.60. The summed E-state index contributed by atoms with van der Waals surface area (Å²) in [5, 5.41) is 13.1. The van der Waals surface area contributed by atoms with Gasteiger partial charge < -0.3 is 10.0 Å². The van der Waals surface area contributed by atoms with Crippen molar-refractivity contribution in [3.8, 4) is 0 Å². The largest absolute Gasteiger partial charge is 0.395 e. The number of hydrogen-bond donors (Lipinski definition) is 1. The van der Waals surface area contributed by atoms with Crippen LogP contribution in [0.3, 0.4) is 0 Å². The molecule has 4 heteroatoms. The van der Waals surface area contributed by atoms with Gasteiger partial charge in [-0.15, -0.1) is 11.3 Å². The summed E-state index contributed by atoms with van der Waals surface area (Å²) in [6, 6.07) is 0. The first kappa shape index (κ1) is 12.6. The third-order valence-corrected chi connectivity index (χ3v) is 5.75. The molecule has 0 atom stereocenters. The van der Waals surface area contributed by atoms with Crippen LogP contribution in [0.4, 0.5) is 0 Å². The second-order valence-corrected chi connectivity index (χ2v) is 6.83. The molecule has 0 unspecified atom stereocenters. The Bertz CT molecular complexity index is 400. The Morgan fingerprint density at radius 1 is 1.44 bits per heavy atom. The molecule has 1 N–H and O–H groups in total. The summed E-state index contributed by atoms with van der Waals surface area (Å²) in [6.07, 6.45) is 5.92. The highest BCUT2D eigenvalue weighted by Gasteiger charge is 2.40. The van der Waals surface area contributed by atoms with Crippen LogP contribution in [-0.2, 0) is 5.41 Å². The predicted octanol–water partition coefficient (Wildman–Crippen LogP) is 2.37. The van der Waals surface area contributed by atoms with E-state index in [1.165, 1.54) is 37.4 Å². The molecule has 0 amide bonds. The highest BCUT2D eigenvalue weighted by molar-refractivity contribution is 7.09. The molecule has 3 rings (SSSR count). The molecular formula is C14H22N2OS. The van der Waals surface area contributed by atoms with Crippen LogP contribution >= 0.6 is 11.3 Å². The minimum absolute atomic E-state index is 0.0141. The first-order valence-electron chi connectivity index (χ1n) is 6.99. The second kappa shape index (κ2) is 4.91. The quantitative estimate of drug-likeness (QED) is 0.912. The van der Waals surface area contributed by atoms with E-state index < -0.39 is 0 Å². The zero-order chi connectivity index (χ0) is 12.6. The van der Waals surface area contributed by atoms with Crippen LogP contribution < -0.4 is 0 Å². The summed E-state index contributed by atoms with van der Waals surface area (Å²) < 4.78 is 0. The molecule has 100 valence electrons. The molecule has 1 saturated carbocycles. The normalized spacial score (nSPS) is 25.0. The van der Waals surface area contributed by atoms with Gasteiger partial charge in [0, 0.05) is 16.7 Å². The maximum Gasteiger partial charge on any atom is 0.0960 e. The molecule has 1 aliphatic carbocycles. The number of likely N-dealkylation sites (tertiary alicyclic amines) is 1. The van der Waals surface area contributed by atoms with E-state index in [-0.39, 0.29) is 12.0 Å². The Morgan fingerprint density at radius 2 is 2.17 bits per heavy atom. The smallest absolute Gasteiger partial charge is 0.0960 e. The molecule has 0 bridgehead atoms. The van der Waals surface area contributed by atoms with Crippen LogP contribution in [0.2, 0.25) is 0 Å². The molecule has 1 aliphatic heterocycles. The number of thiazole rings is 1. The van der Waals surface area contributed by atoms with Gasteiger partial charge in [0.15, 0.2) is 0 Å². The van der Waals surface area contributed by atoms with Crippen molar-refractivity contribution in [1.29, 1.82) is 0 Å². The van der Waals surface area contributed by atoms with E-state index in [1.54, 1.807) is 0 Å². The number of piperidine rings is 1. The highest BCUT2D eigenvalue weighted by Crippen LogP contribution is 2.44. The standard InChI is InChI=1S/C14H22N2OS/c1-16-7-3-11(4-8-16)13-15-12(9-18-13)14(10-17)5-2-6-14/h9,11,17H,2-8,10H2,1H3. The van der Waals surface area contributed by atoms with E-state index in [9.17, 15) is 5.11 Å². The average Bonchev–Trinajstić information content (AvgIpc) is 2.79. The van der Waals surface area contributed by atoms with Crippen molar-refractivity contribution < 1.29 is 5.11 Å². The predicted molar refractivity (Wildman–Crippen MR) is 74.2 cm³/mol. The van der Waals surface area contributed by atoms with Crippen LogP contribution in [0.15, 0.2) is 5.38 Å². The van der Waals surface area contributed by atoms with Crippen molar-refractivity contribution in [3.63, 3.8) is 0 Å². The lowest BCUT2D eigenvalue weighted by atomic mass is 9.67. The van der Waals surface area contributed by atoms with Crippen LogP contribution in [0.25, 0.3) is 0 Å².